The molecule has 0 aliphatic rings. The van der Waals surface area contributed by atoms with Crippen molar-refractivity contribution in [3.8, 4) is 22.5 Å². The van der Waals surface area contributed by atoms with E-state index in [1.54, 1.807) is 0 Å². The Morgan fingerprint density at radius 1 is 0.606 bits per heavy atom. The van der Waals surface area contributed by atoms with Crippen LogP contribution in [0.15, 0.2) is 60.7 Å². The Bertz CT molecular complexity index is 2420. The maximum atomic E-state index is 13.5. The molecule has 4 N–H and O–H groups in total. The normalized spacial score (nSPS) is 13.9. The second kappa shape index (κ2) is 23.6. The summed E-state index contributed by atoms with van der Waals surface area (Å²) in [7, 11) is -4.67. The van der Waals surface area contributed by atoms with E-state index in [9.17, 15) is 65.8 Å². The smallest absolute Gasteiger partial charge is 0.239 e. The van der Waals surface area contributed by atoms with E-state index in [4.69, 9.17) is 0 Å². The SMILES string of the molecule is CC(C)c1nc(N(C)S(C)(=O)=O)nc(-c2ccc(F)cc2)c1/C=C/[C@@H](O)C[C@@H](O)CC(=O)[O-].CC(C)c1nc(N(C)S(C)(=O)=O)nc(-c2ccc(F)cc2)c1/C=C/[C@@H](O)C[C@@H](O)CC(=O)[O-]. The molecule has 0 saturated carbocycles. The molecule has 66 heavy (non-hydrogen) atoms. The van der Waals surface area contributed by atoms with E-state index in [1.165, 1.54) is 86.9 Å². The molecule has 0 fully saturated rings. The molecule has 4 atom stereocenters. The molecule has 0 spiro atoms. The molecular formula is C44H54F2N6O12S2-2. The fraction of sp³-hybridized carbons (Fsp3) is 0.409. The number of carbonyl (C=O) groups excluding carboxylic acids is 2. The highest BCUT2D eigenvalue weighted by atomic mass is 32.2. The zero-order valence-electron chi connectivity index (χ0n) is 37.5. The van der Waals surface area contributed by atoms with Gasteiger partial charge in [0.1, 0.15) is 11.6 Å². The topological polar surface area (TPSA) is 287 Å². The van der Waals surface area contributed by atoms with Crippen LogP contribution in [0.5, 0.6) is 0 Å². The summed E-state index contributed by atoms with van der Waals surface area (Å²) in [6.45, 7) is 7.38. The zero-order valence-corrected chi connectivity index (χ0v) is 39.2. The molecule has 22 heteroatoms. The Hall–Kier alpha value is -5.78. The lowest BCUT2D eigenvalue weighted by atomic mass is 9.97. The molecule has 0 unspecified atom stereocenters. The van der Waals surface area contributed by atoms with Crippen LogP contribution in [0.3, 0.4) is 0 Å². The van der Waals surface area contributed by atoms with Gasteiger partial charge in [-0.2, -0.15) is 0 Å². The lowest BCUT2D eigenvalue weighted by Gasteiger charge is -2.20. The summed E-state index contributed by atoms with van der Waals surface area (Å²) in [5.74, 6) is -4.28. The number of rotatable bonds is 20. The van der Waals surface area contributed by atoms with Crippen LogP contribution in [0.2, 0.25) is 0 Å². The van der Waals surface area contributed by atoms with E-state index in [-0.39, 0.29) is 36.6 Å². The van der Waals surface area contributed by atoms with Gasteiger partial charge < -0.3 is 40.2 Å². The lowest BCUT2D eigenvalue weighted by molar-refractivity contribution is -0.309. The van der Waals surface area contributed by atoms with E-state index in [1.807, 2.05) is 27.7 Å². The number of sulfonamides is 2. The Morgan fingerprint density at radius 3 is 1.17 bits per heavy atom. The number of carbonyl (C=O) groups is 2. The minimum atomic E-state index is -3.66. The molecule has 2 heterocycles. The van der Waals surface area contributed by atoms with Crippen molar-refractivity contribution in [1.29, 1.82) is 0 Å². The van der Waals surface area contributed by atoms with Crippen LogP contribution in [0.1, 0.15) is 87.7 Å². The third-order valence-corrected chi connectivity index (χ3v) is 11.9. The summed E-state index contributed by atoms with van der Waals surface area (Å²) in [6.07, 6.45) is 1.16. The van der Waals surface area contributed by atoms with Crippen molar-refractivity contribution in [2.24, 2.45) is 0 Å². The van der Waals surface area contributed by atoms with Crippen LogP contribution < -0.4 is 18.8 Å². The molecule has 0 radical (unpaired) electrons. The number of aliphatic hydroxyl groups excluding tert-OH is 4. The molecule has 2 aromatic carbocycles. The minimum absolute atomic E-state index is 0.0670. The van der Waals surface area contributed by atoms with Gasteiger partial charge in [-0.05, 0) is 60.4 Å². The van der Waals surface area contributed by atoms with Crippen molar-refractivity contribution in [2.45, 2.75) is 89.6 Å². The Labute approximate surface area is 382 Å². The molecule has 0 aliphatic carbocycles. The number of anilines is 2. The van der Waals surface area contributed by atoms with Gasteiger partial charge in [-0.1, -0.05) is 52.0 Å². The van der Waals surface area contributed by atoms with Crippen molar-refractivity contribution < 1.29 is 65.8 Å². The molecular weight excluding hydrogens is 907 g/mol. The van der Waals surface area contributed by atoms with E-state index >= 15 is 0 Å². The number of aliphatic hydroxyl groups is 4. The standard InChI is InChI=1S/2C22H28FN3O6S/c2*1-13(2)20-18(10-9-16(27)11-17(28)12-19(29)30)21(14-5-7-15(23)8-6-14)25-22(24-20)26(3)33(4,31)32/h2*5-10,13,16-17,27-28H,11-12H2,1-4H3,(H,29,30)/p-2/b2*10-9+/t2*16-,17-/m11/s1. The van der Waals surface area contributed by atoms with Gasteiger partial charge in [0, 0.05) is 74.0 Å². The monoisotopic (exact) mass is 960 g/mol. The van der Waals surface area contributed by atoms with Crippen molar-refractivity contribution in [2.75, 3.05) is 35.2 Å². The molecule has 0 amide bonds. The first-order chi connectivity index (χ1) is 30.6. The summed E-state index contributed by atoms with van der Waals surface area (Å²) < 4.78 is 77.1. The first-order valence-electron chi connectivity index (χ1n) is 20.3. The van der Waals surface area contributed by atoms with Gasteiger partial charge in [0.25, 0.3) is 0 Å². The quantitative estimate of drug-likeness (QED) is 0.0987. The van der Waals surface area contributed by atoms with Crippen molar-refractivity contribution in [3.05, 3.63) is 94.8 Å². The summed E-state index contributed by atoms with van der Waals surface area (Å²) >= 11 is 0. The number of halogens is 2. The number of carboxylic acid groups (broad SMARTS) is 2. The summed E-state index contributed by atoms with van der Waals surface area (Å²) in [5, 5.41) is 61.1. The zero-order chi connectivity index (χ0) is 49.8. The Morgan fingerprint density at radius 2 is 0.909 bits per heavy atom. The third-order valence-electron chi connectivity index (χ3n) is 9.62. The second-order valence-electron chi connectivity index (χ2n) is 15.9. The van der Waals surface area contributed by atoms with Crippen LogP contribution in [0, 0.1) is 11.6 Å². The molecule has 360 valence electrons. The van der Waals surface area contributed by atoms with Gasteiger partial charge >= 0.3 is 0 Å². The van der Waals surface area contributed by atoms with Crippen LogP contribution >= 0.6 is 0 Å². The molecule has 0 aliphatic heterocycles. The summed E-state index contributed by atoms with van der Waals surface area (Å²) in [5.41, 5.74) is 3.52. The fourth-order valence-corrected chi connectivity index (χ4v) is 6.83. The highest BCUT2D eigenvalue weighted by Gasteiger charge is 2.24. The molecule has 4 rings (SSSR count). The van der Waals surface area contributed by atoms with E-state index in [0.29, 0.717) is 45.0 Å². The first-order valence-corrected chi connectivity index (χ1v) is 24.0. The number of benzene rings is 2. The average molecular weight is 961 g/mol. The van der Waals surface area contributed by atoms with Crippen LogP contribution in [0.25, 0.3) is 34.7 Å². The van der Waals surface area contributed by atoms with Crippen molar-refractivity contribution in [1.82, 2.24) is 19.9 Å². The van der Waals surface area contributed by atoms with Gasteiger partial charge in [-0.15, -0.1) is 0 Å². The highest BCUT2D eigenvalue weighted by molar-refractivity contribution is 7.92. The number of aliphatic carboxylic acids is 2. The predicted molar refractivity (Wildman–Crippen MR) is 240 cm³/mol. The third kappa shape index (κ3) is 16.3. The summed E-state index contributed by atoms with van der Waals surface area (Å²) in [6, 6.07) is 10.9. The number of aromatic nitrogens is 4. The maximum Gasteiger partial charge on any atom is 0.239 e. The van der Waals surface area contributed by atoms with Crippen molar-refractivity contribution in [3.63, 3.8) is 0 Å². The summed E-state index contributed by atoms with van der Waals surface area (Å²) in [4.78, 5) is 38.9. The van der Waals surface area contributed by atoms with Gasteiger partial charge in [-0.3, -0.25) is 0 Å². The van der Waals surface area contributed by atoms with E-state index in [0.717, 1.165) is 21.1 Å². The highest BCUT2D eigenvalue weighted by Crippen LogP contribution is 2.33. The largest absolute Gasteiger partial charge is 0.550 e. The number of carboxylic acids is 2. The number of hydrogen-bond acceptors (Lipinski definition) is 16. The average Bonchev–Trinajstić information content (AvgIpc) is 3.20. The lowest BCUT2D eigenvalue weighted by Crippen LogP contribution is -2.29. The second-order valence-corrected chi connectivity index (χ2v) is 19.9. The Kier molecular flexibility index (Phi) is 19.5. The van der Waals surface area contributed by atoms with Gasteiger partial charge in [0.15, 0.2) is 0 Å². The first kappa shape index (κ1) is 54.6. The maximum absolute atomic E-state index is 13.5. The molecule has 2 aromatic heterocycles. The van der Waals surface area contributed by atoms with Crippen LogP contribution in [0.4, 0.5) is 20.7 Å². The van der Waals surface area contributed by atoms with E-state index < -0.39 is 80.9 Å². The van der Waals surface area contributed by atoms with Gasteiger partial charge in [0.2, 0.25) is 31.9 Å². The number of nitrogens with zero attached hydrogens (tertiary/aromatic N) is 6. The molecule has 18 nitrogen and oxygen atoms in total. The van der Waals surface area contributed by atoms with Gasteiger partial charge in [-0.25, -0.2) is 54.2 Å². The number of hydrogen-bond donors (Lipinski definition) is 4. The Balaban J connectivity index is 0.000000350. The van der Waals surface area contributed by atoms with E-state index in [2.05, 4.69) is 19.9 Å². The minimum Gasteiger partial charge on any atom is -0.550 e. The molecule has 0 saturated heterocycles. The van der Waals surface area contributed by atoms with Crippen LogP contribution in [-0.2, 0) is 29.6 Å². The predicted octanol–water partition coefficient (Wildman–Crippen LogP) is 2.13. The van der Waals surface area contributed by atoms with Crippen molar-refractivity contribution >= 4 is 56.0 Å². The molecule has 4 aromatic rings. The fourth-order valence-electron chi connectivity index (χ4n) is 6.07. The molecule has 0 bridgehead atoms. The van der Waals surface area contributed by atoms with Gasteiger partial charge in [0.05, 0.1) is 59.7 Å². The van der Waals surface area contributed by atoms with Crippen LogP contribution in [-0.4, -0.2) is 120 Å².